The minimum atomic E-state index is 0. The van der Waals surface area contributed by atoms with E-state index in [1.54, 1.807) is 7.11 Å². The van der Waals surface area contributed by atoms with E-state index < -0.39 is 0 Å². The van der Waals surface area contributed by atoms with Gasteiger partial charge in [0.25, 0.3) is 5.82 Å². The molecule has 0 bridgehead atoms. The molecule has 0 spiro atoms. The number of nitrogens with zero attached hydrogens (tertiary/aromatic N) is 7. The number of hydrogen-bond donors (Lipinski definition) is 1. The number of para-hydroxylation sites is 2. The number of rotatable bonds is 21. The number of unbranched alkanes of at least 4 members (excludes halogenated alkanes) is 9. The molecule has 8 aromatic rings. The zero-order valence-corrected chi connectivity index (χ0v) is 54.0. The lowest BCUT2D eigenvalue weighted by molar-refractivity contribution is -0.696. The lowest BCUT2D eigenvalue weighted by atomic mass is 10.1. The molecule has 0 radical (unpaired) electrons. The summed E-state index contributed by atoms with van der Waals surface area (Å²) in [5.41, 5.74) is 7.33. The molecule has 0 saturated carbocycles. The molecule has 0 aliphatic rings. The summed E-state index contributed by atoms with van der Waals surface area (Å²) < 4.78 is 21.8. The van der Waals surface area contributed by atoms with E-state index in [4.69, 9.17) is 4.74 Å². The van der Waals surface area contributed by atoms with Crippen LogP contribution < -0.4 is 112 Å². The smallest absolute Gasteiger partial charge is 0.259 e. The third kappa shape index (κ3) is 24.0. The van der Waals surface area contributed by atoms with Gasteiger partial charge in [-0.05, 0) is 114 Å². The van der Waals surface area contributed by atoms with E-state index >= 15 is 0 Å². The van der Waals surface area contributed by atoms with Gasteiger partial charge in [0.1, 0.15) is 66.6 Å². The third-order valence-electron chi connectivity index (χ3n) is 12.1. The van der Waals surface area contributed by atoms with E-state index in [0.717, 1.165) is 42.0 Å². The van der Waals surface area contributed by atoms with Crippen molar-refractivity contribution in [2.75, 3.05) is 7.11 Å². The van der Waals surface area contributed by atoms with Gasteiger partial charge in [0, 0.05) is 10.9 Å². The molecule has 0 atom stereocenters. The molecule has 4 aromatic heterocycles. The molecule has 73 heavy (non-hydrogen) atoms. The number of imidazole rings is 4. The summed E-state index contributed by atoms with van der Waals surface area (Å²) >= 11 is 3.46. The normalized spacial score (nSPS) is 10.1. The van der Waals surface area contributed by atoms with Crippen LogP contribution in [0.25, 0.3) is 22.7 Å². The van der Waals surface area contributed by atoms with Gasteiger partial charge in [-0.2, -0.15) is 9.13 Å². The Labute approximate surface area is 508 Å². The minimum absolute atomic E-state index is 0. The summed E-state index contributed by atoms with van der Waals surface area (Å²) in [6.45, 7) is 16.3. The molecule has 8 rings (SSSR count). The summed E-state index contributed by atoms with van der Waals surface area (Å²) in [7, 11) is 1.71. The fraction of sp³-hybridized carbons (Fsp3) is 0.390. The number of ether oxygens (including phenoxy) is 1. The number of aromatic nitrogens is 8. The molecular formula is C59H81Br2I3N8O. The van der Waals surface area contributed by atoms with Crippen LogP contribution in [0.4, 0.5) is 0 Å². The highest BCUT2D eigenvalue weighted by molar-refractivity contribution is 9.10. The molecule has 0 amide bonds. The van der Waals surface area contributed by atoms with Gasteiger partial charge in [0.05, 0.1) is 26.7 Å². The fourth-order valence-corrected chi connectivity index (χ4v) is 8.19. The Kier molecular flexibility index (Phi) is 36.3. The van der Waals surface area contributed by atoms with Crippen molar-refractivity contribution in [1.82, 2.24) is 18.7 Å². The second-order valence-corrected chi connectivity index (χ2v) is 18.7. The first-order valence-corrected chi connectivity index (χ1v) is 26.4. The highest BCUT2D eigenvalue weighted by atomic mass is 127. The highest BCUT2D eigenvalue weighted by Gasteiger charge is 2.13. The van der Waals surface area contributed by atoms with E-state index in [1.165, 1.54) is 111 Å². The van der Waals surface area contributed by atoms with Crippen molar-refractivity contribution < 1.29 is 112 Å². The van der Waals surface area contributed by atoms with Gasteiger partial charge in [-0.1, -0.05) is 129 Å². The van der Waals surface area contributed by atoms with Gasteiger partial charge >= 0.3 is 0 Å². The topological polar surface area (TPSA) is 55.3 Å². The number of aryl methyl sites for hydroxylation is 6. The van der Waals surface area contributed by atoms with Crippen LogP contribution in [0.15, 0.2) is 170 Å². The van der Waals surface area contributed by atoms with Crippen LogP contribution >= 0.6 is 15.9 Å². The van der Waals surface area contributed by atoms with Crippen LogP contribution in [0.1, 0.15) is 122 Å². The number of H-pyrrole nitrogens is 1. The van der Waals surface area contributed by atoms with Crippen molar-refractivity contribution in [3.05, 3.63) is 187 Å². The van der Waals surface area contributed by atoms with Crippen molar-refractivity contribution in [3.8, 4) is 28.5 Å². The molecule has 14 heteroatoms. The Hall–Kier alpha value is -3.33. The third-order valence-corrected chi connectivity index (χ3v) is 12.7. The average molecular weight is 1460 g/mol. The summed E-state index contributed by atoms with van der Waals surface area (Å²) in [6, 6.07) is 33.7. The first-order chi connectivity index (χ1) is 33.7. The molecule has 0 aliphatic heterocycles. The van der Waals surface area contributed by atoms with Gasteiger partial charge in [-0.3, -0.25) is 0 Å². The van der Waals surface area contributed by atoms with Crippen molar-refractivity contribution in [2.45, 2.75) is 145 Å². The number of nitrogens with one attached hydrogen (secondary N) is 1. The predicted octanol–water partition coefficient (Wildman–Crippen LogP) is 1.29. The number of hydrogen-bond acceptors (Lipinski definition) is 1. The predicted molar refractivity (Wildman–Crippen MR) is 286 cm³/mol. The van der Waals surface area contributed by atoms with Crippen LogP contribution in [0.5, 0.6) is 5.75 Å². The molecule has 4 heterocycles. The maximum absolute atomic E-state index is 5.39. The van der Waals surface area contributed by atoms with E-state index in [9.17, 15) is 0 Å². The van der Waals surface area contributed by atoms with Gasteiger partial charge in [-0.15, -0.1) is 0 Å². The van der Waals surface area contributed by atoms with Gasteiger partial charge in [-0.25, -0.2) is 27.8 Å². The maximum Gasteiger partial charge on any atom is 0.259 e. The Morgan fingerprint density at radius 1 is 0.521 bits per heavy atom. The van der Waals surface area contributed by atoms with Crippen LogP contribution in [-0.2, 0) is 26.1 Å². The Morgan fingerprint density at radius 2 is 0.986 bits per heavy atom. The quantitative estimate of drug-likeness (QED) is 0.0660. The number of methoxy groups -OCH3 is 1. The van der Waals surface area contributed by atoms with Crippen LogP contribution in [0.2, 0.25) is 0 Å². The number of aromatic amines is 1. The molecule has 398 valence electrons. The van der Waals surface area contributed by atoms with Crippen molar-refractivity contribution in [3.63, 3.8) is 0 Å². The molecular weight excluding hydrogens is 1380 g/mol. The molecule has 0 saturated heterocycles. The largest absolute Gasteiger partial charge is 1.00 e. The summed E-state index contributed by atoms with van der Waals surface area (Å²) in [6.07, 6.45) is 39.9. The van der Waals surface area contributed by atoms with Crippen molar-refractivity contribution in [1.29, 1.82) is 0 Å². The minimum Gasteiger partial charge on any atom is -1.00 e. The number of halogens is 5. The zero-order chi connectivity index (χ0) is 49.1. The number of benzene rings is 4. The zero-order valence-electron chi connectivity index (χ0n) is 44.3. The van der Waals surface area contributed by atoms with Gasteiger partial charge in [0.15, 0.2) is 11.4 Å². The van der Waals surface area contributed by atoms with Crippen molar-refractivity contribution in [2.24, 2.45) is 0 Å². The summed E-state index contributed by atoms with van der Waals surface area (Å²) in [5.74, 6) is 2.20. The Balaban J connectivity index is 0.000000480. The molecule has 0 aliphatic carbocycles. The van der Waals surface area contributed by atoms with Gasteiger partial charge in [0.2, 0.25) is 19.0 Å². The first kappa shape index (κ1) is 67.7. The van der Waals surface area contributed by atoms with E-state index in [1.807, 2.05) is 24.4 Å². The Morgan fingerprint density at radius 3 is 1.51 bits per heavy atom. The van der Waals surface area contributed by atoms with Crippen LogP contribution in [-0.4, -0.2) is 25.8 Å². The van der Waals surface area contributed by atoms with Crippen LogP contribution in [0, 0.1) is 13.8 Å². The molecule has 9 nitrogen and oxygen atoms in total. The highest BCUT2D eigenvalue weighted by Crippen LogP contribution is 2.21. The standard InChI is InChI=1S/C16H23N2O.C16H22N2.C15H20BrN2.C12H15N2.BrH.3HI/c1-3-4-5-8-11-17-12-13-18(14-17)15-9-6-7-10-16(15)19-2;1-3-4-5-6-7-16-17-12-13-18(16)15-10-8-14(2)9-11-15;1-2-3-4-5-10-17-11-12-18(13-17)15-8-6-14(16)7-9-15;1-3-13-8-9-14(10-13)12-6-4-11(2)5-7-12;;;;/h6-7,9-10,12-14H,3-5,8,11H2,1-2H3;8-13H,3-7H2,1-2H3;6-9,11-13H,2-5,10H2,1H3;4-10H,3H2,1-2H3;4*1H/q+1;;2*+1;;;;/p-3. The van der Waals surface area contributed by atoms with Crippen molar-refractivity contribution >= 4 is 15.9 Å². The SMILES string of the molecule is CCCCCC[n+]1ccn(-c2ccc(Br)cc2)c1.CCCCCC[n+]1ccn(-c2ccccc2OC)c1.CCCCCCc1[nH]cc[n+]1-c1ccc(C)cc1.CC[n+]1ccn(-c2ccc(C)cc2)c1.[Br-].[I-].[I-].[I-]. The summed E-state index contributed by atoms with van der Waals surface area (Å²) in [5, 5.41) is 0. The van der Waals surface area contributed by atoms with E-state index in [2.05, 4.69) is 236 Å². The Bertz CT molecular complexity index is 2610. The second kappa shape index (κ2) is 39.1. The van der Waals surface area contributed by atoms with E-state index in [0.29, 0.717) is 0 Å². The molecule has 0 unspecified atom stereocenters. The summed E-state index contributed by atoms with van der Waals surface area (Å²) in [4.78, 5) is 3.36. The fourth-order valence-electron chi connectivity index (χ4n) is 7.92. The second-order valence-electron chi connectivity index (χ2n) is 17.8. The first-order valence-electron chi connectivity index (χ1n) is 25.6. The lowest BCUT2D eigenvalue weighted by Crippen LogP contribution is -3.00. The monoisotopic (exact) mass is 1460 g/mol. The molecule has 1 N–H and O–H groups in total. The average Bonchev–Trinajstić information content (AvgIpc) is 4.24. The van der Waals surface area contributed by atoms with E-state index in [-0.39, 0.29) is 88.9 Å². The van der Waals surface area contributed by atoms with Crippen LogP contribution in [0.3, 0.4) is 0 Å². The molecule has 0 fully saturated rings. The van der Waals surface area contributed by atoms with Gasteiger partial charge < -0.3 is 93.6 Å². The molecule has 4 aromatic carbocycles. The maximum atomic E-state index is 5.39. The lowest BCUT2D eigenvalue weighted by Gasteiger charge is -2.03.